The quantitative estimate of drug-likeness (QED) is 0.637. The molecule has 0 bridgehead atoms. The molecule has 2 heterocycles. The number of carbonyl (C=O) groups excluding carboxylic acids is 1. The zero-order valence-electron chi connectivity index (χ0n) is 17.6. The van der Waals surface area contributed by atoms with Gasteiger partial charge in [0.05, 0.1) is 16.5 Å². The number of fused-ring (bicyclic) bond motifs is 2. The van der Waals surface area contributed by atoms with Crippen LogP contribution in [0.25, 0.3) is 10.9 Å². The number of rotatable bonds is 4. The van der Waals surface area contributed by atoms with Crippen LogP contribution in [0.3, 0.4) is 0 Å². The first-order valence-electron chi connectivity index (χ1n) is 11.0. The second-order valence-electron chi connectivity index (χ2n) is 8.48. The Balaban J connectivity index is 1.53. The number of aromatic amines is 1. The Labute approximate surface area is 186 Å². The van der Waals surface area contributed by atoms with Crippen LogP contribution in [0.15, 0.2) is 58.2 Å². The summed E-state index contributed by atoms with van der Waals surface area (Å²) in [5.41, 5.74) is 2.54. The highest BCUT2D eigenvalue weighted by Crippen LogP contribution is 2.30. The van der Waals surface area contributed by atoms with Gasteiger partial charge in [-0.3, -0.25) is 9.59 Å². The predicted octanol–water partition coefficient (Wildman–Crippen LogP) is 3.12. The molecule has 8 heteroatoms. The minimum Gasteiger partial charge on any atom is -0.345 e. The number of hydrogen-bond donors (Lipinski definition) is 2. The highest BCUT2D eigenvalue weighted by atomic mass is 32.2. The lowest BCUT2D eigenvalue weighted by Crippen LogP contribution is -2.32. The fourth-order valence-electron chi connectivity index (χ4n) is 4.80. The molecular formula is C24H25N3O4S. The van der Waals surface area contributed by atoms with Gasteiger partial charge in [0, 0.05) is 30.1 Å². The summed E-state index contributed by atoms with van der Waals surface area (Å²) >= 11 is 0. The fourth-order valence-corrected chi connectivity index (χ4v) is 6.34. The minimum atomic E-state index is -3.64. The summed E-state index contributed by atoms with van der Waals surface area (Å²) < 4.78 is 27.5. The molecule has 0 spiro atoms. The van der Waals surface area contributed by atoms with Crippen LogP contribution in [-0.2, 0) is 16.4 Å². The van der Waals surface area contributed by atoms with Crippen molar-refractivity contribution in [3.63, 3.8) is 0 Å². The summed E-state index contributed by atoms with van der Waals surface area (Å²) in [4.78, 5) is 28.4. The smallest absolute Gasteiger partial charge is 0.252 e. The van der Waals surface area contributed by atoms with Crippen LogP contribution in [0.1, 0.15) is 53.2 Å². The molecule has 1 unspecified atom stereocenters. The molecule has 1 amide bonds. The zero-order valence-corrected chi connectivity index (χ0v) is 18.5. The molecule has 1 aromatic heterocycles. The van der Waals surface area contributed by atoms with Crippen LogP contribution in [-0.4, -0.2) is 36.7 Å². The molecule has 1 aliphatic carbocycles. The third kappa shape index (κ3) is 3.73. The van der Waals surface area contributed by atoms with E-state index in [1.54, 1.807) is 6.07 Å². The predicted molar refractivity (Wildman–Crippen MR) is 122 cm³/mol. The van der Waals surface area contributed by atoms with E-state index >= 15 is 0 Å². The van der Waals surface area contributed by atoms with E-state index in [9.17, 15) is 18.0 Å². The highest BCUT2D eigenvalue weighted by molar-refractivity contribution is 7.89. The van der Waals surface area contributed by atoms with Crippen molar-refractivity contribution in [2.45, 2.75) is 43.0 Å². The van der Waals surface area contributed by atoms with Crippen molar-refractivity contribution in [3.05, 3.63) is 75.6 Å². The molecule has 2 aromatic carbocycles. The maximum atomic E-state index is 13.3. The molecule has 1 atom stereocenters. The lowest BCUT2D eigenvalue weighted by atomic mass is 9.87. The summed E-state index contributed by atoms with van der Waals surface area (Å²) in [6.07, 6.45) is 4.45. The monoisotopic (exact) mass is 451 g/mol. The summed E-state index contributed by atoms with van der Waals surface area (Å²) in [5, 5.41) is 3.50. The number of aryl methyl sites for hydroxylation is 1. The second kappa shape index (κ2) is 8.18. The molecule has 166 valence electrons. The molecule has 0 saturated carbocycles. The van der Waals surface area contributed by atoms with Gasteiger partial charge in [0.2, 0.25) is 15.6 Å². The first kappa shape index (κ1) is 20.9. The largest absolute Gasteiger partial charge is 0.345 e. The van der Waals surface area contributed by atoms with Crippen LogP contribution >= 0.6 is 0 Å². The lowest BCUT2D eigenvalue weighted by molar-refractivity contribution is 0.0934. The molecule has 5 rings (SSSR count). The number of nitrogens with one attached hydrogen (secondary N) is 2. The van der Waals surface area contributed by atoms with Gasteiger partial charge >= 0.3 is 0 Å². The zero-order chi connectivity index (χ0) is 22.3. The topological polar surface area (TPSA) is 99.3 Å². The molecule has 1 saturated heterocycles. The van der Waals surface area contributed by atoms with E-state index in [0.29, 0.717) is 24.0 Å². The van der Waals surface area contributed by atoms with Gasteiger partial charge in [-0.15, -0.1) is 0 Å². The van der Waals surface area contributed by atoms with Gasteiger partial charge in [0.15, 0.2) is 0 Å². The Morgan fingerprint density at radius 3 is 2.62 bits per heavy atom. The van der Waals surface area contributed by atoms with Crippen molar-refractivity contribution in [1.29, 1.82) is 0 Å². The van der Waals surface area contributed by atoms with Crippen molar-refractivity contribution < 1.29 is 13.2 Å². The van der Waals surface area contributed by atoms with Gasteiger partial charge in [-0.2, -0.15) is 4.31 Å². The van der Waals surface area contributed by atoms with Crippen LogP contribution in [0.4, 0.5) is 0 Å². The van der Waals surface area contributed by atoms with E-state index in [0.717, 1.165) is 37.7 Å². The number of hydrogen-bond acceptors (Lipinski definition) is 4. The van der Waals surface area contributed by atoms with E-state index in [2.05, 4.69) is 16.4 Å². The van der Waals surface area contributed by atoms with Crippen LogP contribution in [0.5, 0.6) is 0 Å². The molecule has 1 fully saturated rings. The first-order chi connectivity index (χ1) is 15.4. The Bertz CT molecular complexity index is 1360. The van der Waals surface area contributed by atoms with Crippen molar-refractivity contribution in [2.24, 2.45) is 0 Å². The third-order valence-corrected chi connectivity index (χ3v) is 8.33. The summed E-state index contributed by atoms with van der Waals surface area (Å²) in [7, 11) is -3.64. The number of carbonyl (C=O) groups is 1. The average Bonchev–Trinajstić information content (AvgIpc) is 3.34. The number of pyridine rings is 1. The normalized spacial score (nSPS) is 19.1. The summed E-state index contributed by atoms with van der Waals surface area (Å²) in [5.74, 6) is -0.376. The molecule has 0 radical (unpaired) electrons. The van der Waals surface area contributed by atoms with Gasteiger partial charge in [-0.25, -0.2) is 8.42 Å². The van der Waals surface area contributed by atoms with E-state index in [1.807, 2.05) is 18.2 Å². The number of nitrogens with zero attached hydrogens (tertiary/aromatic N) is 1. The molecule has 2 N–H and O–H groups in total. The molecule has 2 aliphatic rings. The number of amides is 1. The van der Waals surface area contributed by atoms with Crippen molar-refractivity contribution >= 4 is 26.8 Å². The lowest BCUT2D eigenvalue weighted by Gasteiger charge is -2.26. The van der Waals surface area contributed by atoms with E-state index in [4.69, 9.17) is 0 Å². The van der Waals surface area contributed by atoms with Gasteiger partial charge in [-0.1, -0.05) is 24.3 Å². The molecular weight excluding hydrogens is 426 g/mol. The van der Waals surface area contributed by atoms with Crippen LogP contribution < -0.4 is 10.9 Å². The van der Waals surface area contributed by atoms with Gasteiger partial charge in [-0.05, 0) is 61.4 Å². The van der Waals surface area contributed by atoms with E-state index in [1.165, 1.54) is 28.1 Å². The number of H-pyrrole nitrogens is 1. The van der Waals surface area contributed by atoms with E-state index in [-0.39, 0.29) is 22.4 Å². The fraction of sp³-hybridized carbons (Fsp3) is 0.333. The van der Waals surface area contributed by atoms with Crippen molar-refractivity contribution in [3.8, 4) is 0 Å². The maximum absolute atomic E-state index is 13.3. The number of sulfonamides is 1. The van der Waals surface area contributed by atoms with Crippen LogP contribution in [0, 0.1) is 0 Å². The number of benzene rings is 2. The van der Waals surface area contributed by atoms with Gasteiger partial charge in [0.1, 0.15) is 0 Å². The molecule has 32 heavy (non-hydrogen) atoms. The summed E-state index contributed by atoms with van der Waals surface area (Å²) in [6.45, 7) is 1.00. The Morgan fingerprint density at radius 1 is 1.03 bits per heavy atom. The van der Waals surface area contributed by atoms with Crippen molar-refractivity contribution in [1.82, 2.24) is 14.6 Å². The van der Waals surface area contributed by atoms with E-state index < -0.39 is 15.6 Å². The first-order valence-corrected chi connectivity index (χ1v) is 12.4. The maximum Gasteiger partial charge on any atom is 0.252 e. The van der Waals surface area contributed by atoms with Gasteiger partial charge < -0.3 is 10.3 Å². The second-order valence-corrected chi connectivity index (χ2v) is 10.4. The third-order valence-electron chi connectivity index (χ3n) is 6.44. The number of aromatic nitrogens is 1. The summed E-state index contributed by atoms with van der Waals surface area (Å²) in [6, 6.07) is 13.7. The van der Waals surface area contributed by atoms with Crippen molar-refractivity contribution in [2.75, 3.05) is 13.1 Å². The minimum absolute atomic E-state index is 0.135. The molecule has 1 aliphatic heterocycles. The SMILES string of the molecule is O=C(NC1CCCc2ccccc21)c1cc(=O)[nH]c2ccc(S(=O)(=O)N3CCCC3)cc12. The Morgan fingerprint density at radius 2 is 1.81 bits per heavy atom. The molecule has 7 nitrogen and oxygen atoms in total. The molecule has 3 aromatic rings. The Kier molecular flexibility index (Phi) is 5.35. The standard InChI is InChI=1S/C24H25N3O4S/c28-23-15-20(24(29)26-21-9-5-7-16-6-1-2-8-18(16)21)19-14-17(10-11-22(19)25-23)32(30,31)27-12-3-4-13-27/h1-2,6,8,10-11,14-15,21H,3-5,7,9,12-13H2,(H,25,28)(H,26,29). The van der Waals surface area contributed by atoms with Gasteiger partial charge in [0.25, 0.3) is 5.91 Å². The average molecular weight is 452 g/mol. The Hall–Kier alpha value is -2.97. The highest BCUT2D eigenvalue weighted by Gasteiger charge is 2.28. The van der Waals surface area contributed by atoms with Crippen LogP contribution in [0.2, 0.25) is 0 Å².